The maximum atomic E-state index is 11.8. The van der Waals surface area contributed by atoms with Crippen LogP contribution < -0.4 is 22.1 Å². The number of aromatic nitrogens is 5. The molecule has 150 valence electrons. The Kier molecular flexibility index (Phi) is 5.34. The molecule has 0 saturated heterocycles. The third-order valence-corrected chi connectivity index (χ3v) is 4.92. The summed E-state index contributed by atoms with van der Waals surface area (Å²) in [6.07, 6.45) is 8.74. The van der Waals surface area contributed by atoms with E-state index in [-0.39, 0.29) is 17.8 Å². The molecule has 0 radical (unpaired) electrons. The first kappa shape index (κ1) is 18.8. The van der Waals surface area contributed by atoms with Crippen LogP contribution in [-0.2, 0) is 0 Å². The van der Waals surface area contributed by atoms with E-state index in [4.69, 9.17) is 11.5 Å². The monoisotopic (exact) mass is 393 g/mol. The fourth-order valence-corrected chi connectivity index (χ4v) is 3.45. The first-order valence-electron chi connectivity index (χ1n) is 9.53. The predicted molar refractivity (Wildman–Crippen MR) is 109 cm³/mol. The van der Waals surface area contributed by atoms with E-state index in [1.165, 1.54) is 11.0 Å². The molecule has 10 nitrogen and oxygen atoms in total. The summed E-state index contributed by atoms with van der Waals surface area (Å²) >= 11 is 0. The van der Waals surface area contributed by atoms with Crippen LogP contribution in [0.5, 0.6) is 0 Å². The molecule has 4 rings (SSSR count). The number of anilines is 3. The molecule has 2 heterocycles. The first-order chi connectivity index (χ1) is 14.1. The van der Waals surface area contributed by atoms with Crippen LogP contribution in [0, 0.1) is 0 Å². The number of primary amides is 1. The van der Waals surface area contributed by atoms with Crippen molar-refractivity contribution in [2.24, 2.45) is 11.5 Å². The normalized spacial score (nSPS) is 18.9. The molecule has 1 aliphatic carbocycles. The molecule has 29 heavy (non-hydrogen) atoms. The van der Waals surface area contributed by atoms with Crippen LogP contribution in [0.15, 0.2) is 42.9 Å². The van der Waals surface area contributed by atoms with Gasteiger partial charge in [-0.25, -0.2) is 9.97 Å². The van der Waals surface area contributed by atoms with Gasteiger partial charge in [0, 0.05) is 17.8 Å². The van der Waals surface area contributed by atoms with Gasteiger partial charge in [0.05, 0.1) is 24.3 Å². The third-order valence-electron chi connectivity index (χ3n) is 4.92. The number of carbonyl (C=O) groups excluding carboxylic acids is 1. The Morgan fingerprint density at radius 1 is 1.17 bits per heavy atom. The fraction of sp³-hybridized carbons (Fsp3) is 0.316. The summed E-state index contributed by atoms with van der Waals surface area (Å²) in [5.74, 6) is 0.185. The van der Waals surface area contributed by atoms with Crippen molar-refractivity contribution in [1.29, 1.82) is 0 Å². The van der Waals surface area contributed by atoms with Crippen LogP contribution in [0.4, 0.5) is 17.3 Å². The van der Waals surface area contributed by atoms with Crippen LogP contribution in [0.1, 0.15) is 36.2 Å². The van der Waals surface area contributed by atoms with Gasteiger partial charge in [-0.05, 0) is 31.0 Å². The van der Waals surface area contributed by atoms with E-state index in [1.807, 2.05) is 24.3 Å². The summed E-state index contributed by atoms with van der Waals surface area (Å²) in [4.78, 5) is 22.1. The number of nitrogens with one attached hydrogen (secondary N) is 2. The Labute approximate surface area is 167 Å². The standard InChI is InChI=1S/C19H23N9O/c20-14-6-1-2-7-15(14)26-19-17(18(21)29)22-11-16(27-19)25-12-4-3-5-13(10-12)28-23-8-9-24-28/h3-5,8-11,14-15H,1-2,6-7,20H2,(H2,21,29)(H2,25,26,27)/t14-,15+/m0/s1. The van der Waals surface area contributed by atoms with E-state index < -0.39 is 5.91 Å². The number of benzene rings is 1. The molecule has 2 aromatic heterocycles. The summed E-state index contributed by atoms with van der Waals surface area (Å²) < 4.78 is 0. The van der Waals surface area contributed by atoms with Gasteiger partial charge in [0.1, 0.15) is 0 Å². The fourth-order valence-electron chi connectivity index (χ4n) is 3.45. The number of hydrogen-bond donors (Lipinski definition) is 4. The van der Waals surface area contributed by atoms with Gasteiger partial charge in [-0.15, -0.1) is 0 Å². The maximum Gasteiger partial charge on any atom is 0.271 e. The molecule has 10 heteroatoms. The molecule has 1 amide bonds. The van der Waals surface area contributed by atoms with Crippen molar-refractivity contribution in [2.75, 3.05) is 10.6 Å². The molecule has 1 fully saturated rings. The second-order valence-corrected chi connectivity index (χ2v) is 7.01. The minimum absolute atomic E-state index is 0.00106. The van der Waals surface area contributed by atoms with E-state index in [1.54, 1.807) is 12.4 Å². The second-order valence-electron chi connectivity index (χ2n) is 7.01. The Hall–Kier alpha value is -3.53. The van der Waals surface area contributed by atoms with Crippen LogP contribution in [0.3, 0.4) is 0 Å². The molecule has 0 aliphatic heterocycles. The number of hydrogen-bond acceptors (Lipinski definition) is 8. The Morgan fingerprint density at radius 3 is 2.72 bits per heavy atom. The maximum absolute atomic E-state index is 11.8. The predicted octanol–water partition coefficient (Wildman–Crippen LogP) is 1.58. The number of carbonyl (C=O) groups is 1. The van der Waals surface area contributed by atoms with E-state index in [9.17, 15) is 4.79 Å². The molecule has 1 aromatic carbocycles. The lowest BCUT2D eigenvalue weighted by Gasteiger charge is -2.30. The van der Waals surface area contributed by atoms with E-state index in [2.05, 4.69) is 30.8 Å². The van der Waals surface area contributed by atoms with Crippen molar-refractivity contribution in [3.05, 3.63) is 48.5 Å². The molecule has 0 bridgehead atoms. The largest absolute Gasteiger partial charge is 0.364 e. The van der Waals surface area contributed by atoms with Gasteiger partial charge in [0.2, 0.25) is 0 Å². The summed E-state index contributed by atoms with van der Waals surface area (Å²) in [5, 5.41) is 14.7. The van der Waals surface area contributed by atoms with Crippen molar-refractivity contribution in [2.45, 2.75) is 37.8 Å². The number of nitrogens with two attached hydrogens (primary N) is 2. The third kappa shape index (κ3) is 4.32. The molecular weight excluding hydrogens is 370 g/mol. The van der Waals surface area contributed by atoms with Crippen LogP contribution in [-0.4, -0.2) is 43.0 Å². The topological polar surface area (TPSA) is 150 Å². The summed E-state index contributed by atoms with van der Waals surface area (Å²) in [5.41, 5.74) is 13.4. The highest BCUT2D eigenvalue weighted by atomic mass is 16.1. The molecule has 1 aliphatic rings. The second kappa shape index (κ2) is 8.23. The Balaban J connectivity index is 1.58. The molecule has 6 N–H and O–H groups in total. The lowest BCUT2D eigenvalue weighted by Crippen LogP contribution is -2.43. The average Bonchev–Trinajstić information content (AvgIpc) is 3.25. The highest BCUT2D eigenvalue weighted by molar-refractivity contribution is 5.95. The van der Waals surface area contributed by atoms with Gasteiger partial charge in [0.15, 0.2) is 17.3 Å². The first-order valence-corrected chi connectivity index (χ1v) is 9.53. The Morgan fingerprint density at radius 2 is 1.97 bits per heavy atom. The lowest BCUT2D eigenvalue weighted by atomic mass is 9.91. The highest BCUT2D eigenvalue weighted by Crippen LogP contribution is 2.24. The van der Waals surface area contributed by atoms with Crippen molar-refractivity contribution < 1.29 is 4.79 Å². The Bertz CT molecular complexity index is 989. The van der Waals surface area contributed by atoms with Gasteiger partial charge in [-0.3, -0.25) is 4.79 Å². The average molecular weight is 393 g/mol. The summed E-state index contributed by atoms with van der Waals surface area (Å²) in [7, 11) is 0. The van der Waals surface area contributed by atoms with Gasteiger partial charge in [-0.1, -0.05) is 18.9 Å². The highest BCUT2D eigenvalue weighted by Gasteiger charge is 2.24. The van der Waals surface area contributed by atoms with E-state index >= 15 is 0 Å². The molecule has 1 saturated carbocycles. The van der Waals surface area contributed by atoms with Gasteiger partial charge >= 0.3 is 0 Å². The van der Waals surface area contributed by atoms with E-state index in [0.717, 1.165) is 37.1 Å². The SMILES string of the molecule is NC(=O)c1ncc(Nc2cccc(-n3nccn3)c2)nc1N[C@@H]1CCCC[C@@H]1N. The van der Waals surface area contributed by atoms with Crippen LogP contribution in [0.25, 0.3) is 5.69 Å². The molecular formula is C19H23N9O. The number of rotatable bonds is 6. The number of amides is 1. The quantitative estimate of drug-likeness (QED) is 0.493. The smallest absolute Gasteiger partial charge is 0.271 e. The molecule has 3 aromatic rings. The molecule has 0 unspecified atom stereocenters. The number of nitrogens with zero attached hydrogens (tertiary/aromatic N) is 5. The zero-order chi connectivity index (χ0) is 20.2. The van der Waals surface area contributed by atoms with Gasteiger partial charge < -0.3 is 22.1 Å². The van der Waals surface area contributed by atoms with E-state index in [0.29, 0.717) is 11.6 Å². The molecule has 2 atom stereocenters. The molecule has 0 spiro atoms. The summed E-state index contributed by atoms with van der Waals surface area (Å²) in [6.45, 7) is 0. The lowest BCUT2D eigenvalue weighted by molar-refractivity contribution is 0.0996. The summed E-state index contributed by atoms with van der Waals surface area (Å²) in [6, 6.07) is 7.58. The van der Waals surface area contributed by atoms with Crippen molar-refractivity contribution >= 4 is 23.2 Å². The van der Waals surface area contributed by atoms with Crippen molar-refractivity contribution in [3.63, 3.8) is 0 Å². The van der Waals surface area contributed by atoms with Crippen molar-refractivity contribution in [3.8, 4) is 5.69 Å². The van der Waals surface area contributed by atoms with Crippen LogP contribution >= 0.6 is 0 Å². The van der Waals surface area contributed by atoms with Crippen LogP contribution in [0.2, 0.25) is 0 Å². The van der Waals surface area contributed by atoms with Gasteiger partial charge in [0.25, 0.3) is 5.91 Å². The minimum Gasteiger partial charge on any atom is -0.364 e. The van der Waals surface area contributed by atoms with Gasteiger partial charge in [-0.2, -0.15) is 15.0 Å². The zero-order valence-electron chi connectivity index (χ0n) is 15.8. The minimum atomic E-state index is -0.636. The van der Waals surface area contributed by atoms with Crippen molar-refractivity contribution in [1.82, 2.24) is 25.0 Å². The zero-order valence-corrected chi connectivity index (χ0v) is 15.8.